The second kappa shape index (κ2) is 4.65. The van der Waals surface area contributed by atoms with Gasteiger partial charge in [-0.1, -0.05) is 0 Å². The average molecular weight is 266 g/mol. The van der Waals surface area contributed by atoms with Gasteiger partial charge in [-0.3, -0.25) is 4.79 Å². The van der Waals surface area contributed by atoms with Gasteiger partial charge in [0.1, 0.15) is 5.82 Å². The first-order valence-electron chi connectivity index (χ1n) is 6.19. The van der Waals surface area contributed by atoms with Crippen LogP contribution in [0.5, 0.6) is 0 Å². The van der Waals surface area contributed by atoms with Crippen LogP contribution in [0.15, 0.2) is 0 Å². The highest BCUT2D eigenvalue weighted by Gasteiger charge is 2.37. The number of aromatic nitrogens is 2. The van der Waals surface area contributed by atoms with Crippen LogP contribution in [0, 0.1) is 0 Å². The summed E-state index contributed by atoms with van der Waals surface area (Å²) in [6.45, 7) is 7.86. The molecule has 0 radical (unpaired) electrons. The number of carbonyl (C=O) groups excluding carboxylic acids is 2. The van der Waals surface area contributed by atoms with E-state index < -0.39 is 6.09 Å². The lowest BCUT2D eigenvalue weighted by atomic mass is 10.0. The lowest BCUT2D eigenvalue weighted by Gasteiger charge is -2.17. The number of carbonyl (C=O) groups is 2. The molecule has 1 amide bonds. The Kier molecular flexibility index (Phi) is 3.32. The quantitative estimate of drug-likeness (QED) is 0.839. The van der Waals surface area contributed by atoms with Crippen LogP contribution in [-0.4, -0.2) is 28.4 Å². The molecule has 1 aliphatic rings. The molecule has 2 heterocycles. The highest BCUT2D eigenvalue weighted by molar-refractivity contribution is 5.91. The summed E-state index contributed by atoms with van der Waals surface area (Å²) in [7, 11) is 0. The number of anilines is 1. The molecular weight excluding hydrogens is 248 g/mol. The summed E-state index contributed by atoms with van der Waals surface area (Å²) in [5, 5.41) is 10.2. The summed E-state index contributed by atoms with van der Waals surface area (Å²) in [5.41, 5.74) is 1.25. The topological polar surface area (TPSA) is 85.2 Å². The van der Waals surface area contributed by atoms with E-state index in [-0.39, 0.29) is 18.1 Å². The van der Waals surface area contributed by atoms with E-state index in [9.17, 15) is 9.59 Å². The highest BCUT2D eigenvalue weighted by atomic mass is 16.6. The third kappa shape index (κ3) is 2.33. The zero-order chi connectivity index (χ0) is 14.2. The molecule has 2 N–H and O–H groups in total. The highest BCUT2D eigenvalue weighted by Crippen LogP contribution is 2.34. The van der Waals surface area contributed by atoms with E-state index in [1.165, 1.54) is 6.92 Å². The maximum atomic E-state index is 11.9. The number of amides is 1. The zero-order valence-corrected chi connectivity index (χ0v) is 11.5. The van der Waals surface area contributed by atoms with Gasteiger partial charge in [0, 0.05) is 19.0 Å². The SMILES string of the molecule is CCOC(=O)n1nc2c(c1NC(C)=O)CNC2(C)C. The maximum Gasteiger partial charge on any atom is 0.436 e. The molecule has 0 aliphatic carbocycles. The van der Waals surface area contributed by atoms with Crippen LogP contribution in [0.1, 0.15) is 39.0 Å². The molecule has 0 bridgehead atoms. The van der Waals surface area contributed by atoms with Crippen molar-refractivity contribution in [3.63, 3.8) is 0 Å². The van der Waals surface area contributed by atoms with Crippen molar-refractivity contribution in [2.75, 3.05) is 11.9 Å². The molecule has 104 valence electrons. The second-order valence-electron chi connectivity index (χ2n) is 4.95. The number of fused-ring (bicyclic) bond motifs is 1. The van der Waals surface area contributed by atoms with E-state index in [4.69, 9.17) is 4.74 Å². The number of nitrogens with one attached hydrogen (secondary N) is 2. The molecule has 0 aromatic carbocycles. The molecule has 0 saturated heterocycles. The van der Waals surface area contributed by atoms with Crippen molar-refractivity contribution in [1.29, 1.82) is 0 Å². The van der Waals surface area contributed by atoms with Gasteiger partial charge in [0.05, 0.1) is 17.8 Å². The fraction of sp³-hybridized carbons (Fsp3) is 0.583. The largest absolute Gasteiger partial charge is 0.448 e. The Morgan fingerprint density at radius 3 is 2.79 bits per heavy atom. The molecule has 7 nitrogen and oxygen atoms in total. The van der Waals surface area contributed by atoms with E-state index in [1.54, 1.807) is 6.92 Å². The standard InChI is InChI=1S/C12H18N4O3/c1-5-19-11(18)16-10(14-7(2)17)8-6-13-12(3,4)9(8)15-16/h13H,5-6H2,1-4H3,(H,14,17). The molecule has 0 fully saturated rings. The van der Waals surface area contributed by atoms with Gasteiger partial charge in [0.2, 0.25) is 5.91 Å². The molecule has 0 unspecified atom stereocenters. The van der Waals surface area contributed by atoms with Gasteiger partial charge >= 0.3 is 6.09 Å². The number of hydrogen-bond donors (Lipinski definition) is 2. The monoisotopic (exact) mass is 266 g/mol. The van der Waals surface area contributed by atoms with Crippen LogP contribution in [0.4, 0.5) is 10.6 Å². The minimum Gasteiger partial charge on any atom is -0.448 e. The Morgan fingerprint density at radius 1 is 1.53 bits per heavy atom. The lowest BCUT2D eigenvalue weighted by molar-refractivity contribution is -0.114. The first-order valence-corrected chi connectivity index (χ1v) is 6.19. The fourth-order valence-electron chi connectivity index (χ4n) is 2.12. The maximum absolute atomic E-state index is 11.9. The summed E-state index contributed by atoms with van der Waals surface area (Å²) in [4.78, 5) is 23.2. The molecule has 19 heavy (non-hydrogen) atoms. The molecular formula is C12H18N4O3. The van der Waals surface area contributed by atoms with E-state index in [0.717, 1.165) is 15.9 Å². The van der Waals surface area contributed by atoms with E-state index in [2.05, 4.69) is 15.7 Å². The Balaban J connectivity index is 2.49. The van der Waals surface area contributed by atoms with Crippen molar-refractivity contribution in [3.05, 3.63) is 11.3 Å². The van der Waals surface area contributed by atoms with Gasteiger partial charge in [-0.05, 0) is 20.8 Å². The summed E-state index contributed by atoms with van der Waals surface area (Å²) in [5.74, 6) is 0.136. The molecule has 0 spiro atoms. The Labute approximate surface area is 111 Å². The van der Waals surface area contributed by atoms with Crippen molar-refractivity contribution in [2.24, 2.45) is 0 Å². The minimum atomic E-state index is -0.587. The molecule has 2 rings (SSSR count). The smallest absolute Gasteiger partial charge is 0.436 e. The third-order valence-electron chi connectivity index (χ3n) is 3.02. The van der Waals surface area contributed by atoms with Crippen LogP contribution < -0.4 is 10.6 Å². The Morgan fingerprint density at radius 2 is 2.21 bits per heavy atom. The fourth-order valence-corrected chi connectivity index (χ4v) is 2.12. The molecule has 1 aromatic rings. The van der Waals surface area contributed by atoms with Crippen molar-refractivity contribution in [1.82, 2.24) is 15.1 Å². The molecule has 7 heteroatoms. The van der Waals surface area contributed by atoms with E-state index in [0.29, 0.717) is 12.4 Å². The van der Waals surface area contributed by atoms with Crippen molar-refractivity contribution in [2.45, 2.75) is 39.8 Å². The normalized spacial score (nSPS) is 16.0. The molecule has 1 aromatic heterocycles. The van der Waals surface area contributed by atoms with E-state index >= 15 is 0 Å². The Hall–Kier alpha value is -1.89. The molecule has 1 aliphatic heterocycles. The Bertz CT molecular complexity index is 533. The lowest BCUT2D eigenvalue weighted by Crippen LogP contribution is -2.31. The first-order chi connectivity index (χ1) is 8.86. The van der Waals surface area contributed by atoms with Crippen LogP contribution in [0.2, 0.25) is 0 Å². The van der Waals surface area contributed by atoms with Gasteiger partial charge in [0.15, 0.2) is 0 Å². The van der Waals surface area contributed by atoms with Gasteiger partial charge < -0.3 is 15.4 Å². The summed E-state index contributed by atoms with van der Waals surface area (Å²) in [6, 6.07) is 0. The zero-order valence-electron chi connectivity index (χ0n) is 11.5. The van der Waals surface area contributed by atoms with Gasteiger partial charge in [-0.15, -0.1) is 4.68 Å². The minimum absolute atomic E-state index is 0.252. The van der Waals surface area contributed by atoms with Crippen LogP contribution in [0.25, 0.3) is 0 Å². The number of rotatable bonds is 2. The molecule has 0 saturated carbocycles. The molecule has 0 atom stereocenters. The van der Waals surface area contributed by atoms with E-state index in [1.807, 2.05) is 13.8 Å². The van der Waals surface area contributed by atoms with Gasteiger partial charge in [-0.25, -0.2) is 4.79 Å². The number of hydrogen-bond acceptors (Lipinski definition) is 5. The third-order valence-corrected chi connectivity index (χ3v) is 3.02. The second-order valence-corrected chi connectivity index (χ2v) is 4.95. The van der Waals surface area contributed by atoms with Crippen LogP contribution in [-0.2, 0) is 21.6 Å². The van der Waals surface area contributed by atoms with Crippen LogP contribution in [0.3, 0.4) is 0 Å². The summed E-state index contributed by atoms with van der Waals surface area (Å²) >= 11 is 0. The van der Waals surface area contributed by atoms with Crippen molar-refractivity contribution in [3.8, 4) is 0 Å². The predicted molar refractivity (Wildman–Crippen MR) is 68.8 cm³/mol. The average Bonchev–Trinajstić information content (AvgIpc) is 2.79. The first kappa shape index (κ1) is 13.5. The number of nitrogens with zero attached hydrogens (tertiary/aromatic N) is 2. The summed E-state index contributed by atoms with van der Waals surface area (Å²) in [6.07, 6.45) is -0.587. The van der Waals surface area contributed by atoms with Crippen molar-refractivity contribution >= 4 is 17.8 Å². The predicted octanol–water partition coefficient (Wildman–Crippen LogP) is 1.18. The van der Waals surface area contributed by atoms with Crippen LogP contribution >= 0.6 is 0 Å². The van der Waals surface area contributed by atoms with Gasteiger partial charge in [0.25, 0.3) is 0 Å². The van der Waals surface area contributed by atoms with Gasteiger partial charge in [-0.2, -0.15) is 5.10 Å². The van der Waals surface area contributed by atoms with Crippen molar-refractivity contribution < 1.29 is 14.3 Å². The number of ether oxygens (including phenoxy) is 1. The summed E-state index contributed by atoms with van der Waals surface area (Å²) < 4.78 is 6.07.